The molecule has 1 amide bonds. The molecule has 1 N–H and O–H groups in total. The average molecular weight is 499 g/mol. The van der Waals surface area contributed by atoms with Crippen LogP contribution in [0.5, 0.6) is 17.2 Å². The first-order valence-corrected chi connectivity index (χ1v) is 12.5. The second-order valence-electron chi connectivity index (χ2n) is 7.93. The molecule has 3 rings (SSSR count). The summed E-state index contributed by atoms with van der Waals surface area (Å²) in [4.78, 5) is 13.0. The monoisotopic (exact) mass is 498 g/mol. The summed E-state index contributed by atoms with van der Waals surface area (Å²) in [5, 5.41) is 2.79. The fourth-order valence-electron chi connectivity index (χ4n) is 3.42. The smallest absolute Gasteiger partial charge is 0.264 e. The Morgan fingerprint density at radius 1 is 0.886 bits per heavy atom. The number of sulfonamides is 1. The van der Waals surface area contributed by atoms with Gasteiger partial charge in [0.05, 0.1) is 30.9 Å². The molecule has 3 aromatic rings. The molecule has 0 aromatic heterocycles. The Hall–Kier alpha value is -3.72. The molecule has 0 fully saturated rings. The van der Waals surface area contributed by atoms with Gasteiger partial charge in [-0.05, 0) is 55.8 Å². The third-order valence-electron chi connectivity index (χ3n) is 5.05. The molecule has 0 spiro atoms. The summed E-state index contributed by atoms with van der Waals surface area (Å²) >= 11 is 0. The standard InChI is InChI=1S/C26H30N2O6S/c1-19(2)34-24-15-14-20(16-25(24)33-4)17-27-26(29)18-28(22-12-8-9-13-23(22)32-3)35(30,31)21-10-6-5-7-11-21/h5-16,19H,17-18H2,1-4H3,(H,27,29). The molecule has 0 heterocycles. The number of benzene rings is 3. The first-order valence-electron chi connectivity index (χ1n) is 11.1. The van der Waals surface area contributed by atoms with E-state index >= 15 is 0 Å². The van der Waals surface area contributed by atoms with Crippen molar-refractivity contribution in [3.8, 4) is 17.2 Å². The summed E-state index contributed by atoms with van der Waals surface area (Å²) in [6.45, 7) is 3.60. The SMILES string of the molecule is COc1cc(CNC(=O)CN(c2ccccc2OC)S(=O)(=O)c2ccccc2)ccc1OC(C)C. The van der Waals surface area contributed by atoms with Gasteiger partial charge in [0.2, 0.25) is 5.91 Å². The minimum absolute atomic E-state index is 0.0121. The molecule has 0 aliphatic carbocycles. The number of hydrogen-bond donors (Lipinski definition) is 1. The molecular formula is C26H30N2O6S. The third-order valence-corrected chi connectivity index (χ3v) is 6.83. The lowest BCUT2D eigenvalue weighted by Crippen LogP contribution is -2.40. The highest BCUT2D eigenvalue weighted by Gasteiger charge is 2.29. The molecule has 0 saturated heterocycles. The fourth-order valence-corrected chi connectivity index (χ4v) is 4.87. The first-order chi connectivity index (χ1) is 16.8. The number of hydrogen-bond acceptors (Lipinski definition) is 6. The Bertz CT molecular complexity index is 1250. The summed E-state index contributed by atoms with van der Waals surface area (Å²) in [6.07, 6.45) is -0.0121. The Morgan fingerprint density at radius 2 is 1.54 bits per heavy atom. The number of carbonyl (C=O) groups excluding carboxylic acids is 1. The molecule has 186 valence electrons. The predicted molar refractivity (Wildman–Crippen MR) is 135 cm³/mol. The maximum atomic E-state index is 13.5. The largest absolute Gasteiger partial charge is 0.495 e. The van der Waals surface area contributed by atoms with Crippen LogP contribution in [0.15, 0.2) is 77.7 Å². The fraction of sp³-hybridized carbons (Fsp3) is 0.269. The van der Waals surface area contributed by atoms with E-state index in [4.69, 9.17) is 14.2 Å². The number of para-hydroxylation sites is 2. The number of methoxy groups -OCH3 is 2. The molecule has 0 radical (unpaired) electrons. The van der Waals surface area contributed by atoms with Crippen molar-refractivity contribution in [1.29, 1.82) is 0 Å². The van der Waals surface area contributed by atoms with Crippen LogP contribution in [0.2, 0.25) is 0 Å². The molecule has 8 nitrogen and oxygen atoms in total. The molecular weight excluding hydrogens is 468 g/mol. The Balaban J connectivity index is 1.83. The molecule has 3 aromatic carbocycles. The van der Waals surface area contributed by atoms with Gasteiger partial charge in [0, 0.05) is 6.54 Å². The van der Waals surface area contributed by atoms with Crippen molar-refractivity contribution >= 4 is 21.6 Å². The van der Waals surface area contributed by atoms with Gasteiger partial charge in [-0.3, -0.25) is 9.10 Å². The predicted octanol–water partition coefficient (Wildman–Crippen LogP) is 4.00. The van der Waals surface area contributed by atoms with Gasteiger partial charge in [-0.1, -0.05) is 36.4 Å². The summed E-state index contributed by atoms with van der Waals surface area (Å²) in [7, 11) is -1.04. The minimum atomic E-state index is -4.04. The van der Waals surface area contributed by atoms with Gasteiger partial charge in [0.1, 0.15) is 12.3 Å². The summed E-state index contributed by atoms with van der Waals surface area (Å²) in [5.41, 5.74) is 1.05. The van der Waals surface area contributed by atoms with E-state index in [1.165, 1.54) is 19.2 Å². The van der Waals surface area contributed by atoms with Gasteiger partial charge < -0.3 is 19.5 Å². The maximum absolute atomic E-state index is 13.5. The van der Waals surface area contributed by atoms with Gasteiger partial charge in [0.15, 0.2) is 11.5 Å². The number of anilines is 1. The third kappa shape index (κ3) is 6.45. The van der Waals surface area contributed by atoms with Crippen molar-refractivity contribution in [1.82, 2.24) is 5.32 Å². The summed E-state index contributed by atoms with van der Waals surface area (Å²) in [5.74, 6) is 1.02. The number of ether oxygens (including phenoxy) is 3. The van der Waals surface area contributed by atoms with Crippen LogP contribution < -0.4 is 23.8 Å². The molecule has 35 heavy (non-hydrogen) atoms. The molecule has 0 atom stereocenters. The maximum Gasteiger partial charge on any atom is 0.264 e. The lowest BCUT2D eigenvalue weighted by atomic mass is 10.2. The van der Waals surface area contributed by atoms with E-state index in [1.54, 1.807) is 61.7 Å². The van der Waals surface area contributed by atoms with E-state index < -0.39 is 22.5 Å². The van der Waals surface area contributed by atoms with Crippen LogP contribution >= 0.6 is 0 Å². The Kier molecular flexibility index (Phi) is 8.59. The zero-order valence-corrected chi connectivity index (χ0v) is 21.0. The van der Waals surface area contributed by atoms with Crippen molar-refractivity contribution in [3.63, 3.8) is 0 Å². The zero-order valence-electron chi connectivity index (χ0n) is 20.2. The van der Waals surface area contributed by atoms with Crippen molar-refractivity contribution < 1.29 is 27.4 Å². The van der Waals surface area contributed by atoms with Gasteiger partial charge in [0.25, 0.3) is 10.0 Å². The number of nitrogens with zero attached hydrogens (tertiary/aromatic N) is 1. The van der Waals surface area contributed by atoms with Crippen molar-refractivity contribution in [2.45, 2.75) is 31.4 Å². The van der Waals surface area contributed by atoms with Gasteiger partial charge >= 0.3 is 0 Å². The van der Waals surface area contributed by atoms with Crippen LogP contribution in [0.25, 0.3) is 0 Å². The van der Waals surface area contributed by atoms with E-state index in [0.29, 0.717) is 17.2 Å². The number of amides is 1. The summed E-state index contributed by atoms with van der Waals surface area (Å²) in [6, 6.07) is 20.0. The number of rotatable bonds is 11. The lowest BCUT2D eigenvalue weighted by Gasteiger charge is -2.25. The van der Waals surface area contributed by atoms with Gasteiger partial charge in [-0.15, -0.1) is 0 Å². The van der Waals surface area contributed by atoms with Crippen LogP contribution in [0.3, 0.4) is 0 Å². The molecule has 0 aliphatic rings. The molecule has 0 saturated carbocycles. The zero-order chi connectivity index (χ0) is 25.4. The van der Waals surface area contributed by atoms with E-state index in [0.717, 1.165) is 9.87 Å². The van der Waals surface area contributed by atoms with Crippen LogP contribution in [-0.4, -0.2) is 41.2 Å². The average Bonchev–Trinajstić information content (AvgIpc) is 2.86. The van der Waals surface area contributed by atoms with E-state index in [1.807, 2.05) is 19.9 Å². The Labute approximate surface area is 206 Å². The molecule has 0 bridgehead atoms. The Morgan fingerprint density at radius 3 is 2.20 bits per heavy atom. The van der Waals surface area contributed by atoms with Crippen molar-refractivity contribution in [2.24, 2.45) is 0 Å². The summed E-state index contributed by atoms with van der Waals surface area (Å²) < 4.78 is 44.5. The normalized spacial score (nSPS) is 11.1. The van der Waals surface area contributed by atoms with Crippen LogP contribution in [0.1, 0.15) is 19.4 Å². The molecule has 0 unspecified atom stereocenters. The highest BCUT2D eigenvalue weighted by atomic mass is 32.2. The molecule has 0 aliphatic heterocycles. The highest BCUT2D eigenvalue weighted by molar-refractivity contribution is 7.92. The van der Waals surface area contributed by atoms with Crippen molar-refractivity contribution in [2.75, 3.05) is 25.1 Å². The van der Waals surface area contributed by atoms with Gasteiger partial charge in [-0.2, -0.15) is 0 Å². The quantitative estimate of drug-likeness (QED) is 0.429. The van der Waals surface area contributed by atoms with E-state index in [9.17, 15) is 13.2 Å². The topological polar surface area (TPSA) is 94.2 Å². The van der Waals surface area contributed by atoms with E-state index in [-0.39, 0.29) is 23.2 Å². The van der Waals surface area contributed by atoms with Crippen molar-refractivity contribution in [3.05, 3.63) is 78.4 Å². The number of carbonyl (C=O) groups is 1. The highest BCUT2D eigenvalue weighted by Crippen LogP contribution is 2.32. The lowest BCUT2D eigenvalue weighted by molar-refractivity contribution is -0.119. The first kappa shape index (κ1) is 25.9. The van der Waals surface area contributed by atoms with Crippen LogP contribution in [-0.2, 0) is 21.4 Å². The van der Waals surface area contributed by atoms with Gasteiger partial charge in [-0.25, -0.2) is 8.42 Å². The van der Waals surface area contributed by atoms with Crippen LogP contribution in [0, 0.1) is 0 Å². The number of nitrogens with one attached hydrogen (secondary N) is 1. The van der Waals surface area contributed by atoms with E-state index in [2.05, 4.69) is 5.32 Å². The second-order valence-corrected chi connectivity index (χ2v) is 9.79. The second kappa shape index (κ2) is 11.6. The minimum Gasteiger partial charge on any atom is -0.495 e. The van der Waals surface area contributed by atoms with Crippen LogP contribution in [0.4, 0.5) is 5.69 Å². The molecule has 9 heteroatoms.